The minimum absolute atomic E-state index is 0.00537. The molecule has 2 N–H and O–H groups in total. The van der Waals surface area contributed by atoms with Crippen LogP contribution in [0.25, 0.3) is 0 Å². The third-order valence-corrected chi connectivity index (χ3v) is 2.60. The maximum Gasteiger partial charge on any atom is 0.215 e. The van der Waals surface area contributed by atoms with Gasteiger partial charge in [-0.05, 0) is 17.7 Å². The second kappa shape index (κ2) is 6.52. The first-order valence-electron chi connectivity index (χ1n) is 6.04. The highest BCUT2D eigenvalue weighted by atomic mass is 16.3. The van der Waals surface area contributed by atoms with E-state index in [9.17, 15) is 0 Å². The number of benzene rings is 1. The van der Waals surface area contributed by atoms with Crippen molar-refractivity contribution >= 4 is 12.2 Å². The van der Waals surface area contributed by atoms with Crippen molar-refractivity contribution in [3.05, 3.63) is 35.4 Å². The Balaban J connectivity index is 2.07. The molecule has 1 heterocycles. The van der Waals surface area contributed by atoms with Crippen molar-refractivity contribution in [3.63, 3.8) is 0 Å². The van der Waals surface area contributed by atoms with Crippen LogP contribution in [-0.4, -0.2) is 48.5 Å². The van der Waals surface area contributed by atoms with Crippen molar-refractivity contribution < 1.29 is 5.11 Å². The first-order chi connectivity index (χ1) is 9.33. The largest absolute Gasteiger partial charge is 0.394 e. The zero-order valence-electron chi connectivity index (χ0n) is 10.5. The van der Waals surface area contributed by atoms with Gasteiger partial charge in [0, 0.05) is 6.54 Å². The maximum atomic E-state index is 9.03. The Hall–Kier alpha value is -2.39. The molecular weight excluding hydrogens is 242 g/mol. The lowest BCUT2D eigenvalue weighted by atomic mass is 10.2. The molecule has 0 atom stereocenters. The van der Waals surface area contributed by atoms with E-state index in [1.165, 1.54) is 0 Å². The van der Waals surface area contributed by atoms with Crippen LogP contribution >= 0.6 is 0 Å². The second-order valence-corrected chi connectivity index (χ2v) is 3.96. The number of aliphatic imine (C=N–C) groups is 1. The summed E-state index contributed by atoms with van der Waals surface area (Å²) in [5, 5.41) is 26.8. The molecule has 0 aliphatic carbocycles. The van der Waals surface area contributed by atoms with Crippen LogP contribution in [0.1, 0.15) is 11.1 Å². The molecule has 1 aliphatic rings. The summed E-state index contributed by atoms with van der Waals surface area (Å²) in [5.41, 5.74) is 1.51. The number of rotatable bonds is 4. The third-order valence-electron chi connectivity index (χ3n) is 2.60. The van der Waals surface area contributed by atoms with Gasteiger partial charge in [-0.2, -0.15) is 10.4 Å². The first kappa shape index (κ1) is 13.1. The fraction of sp³-hybridized carbons (Fsp3) is 0.308. The molecule has 98 valence electrons. The lowest BCUT2D eigenvalue weighted by Gasteiger charge is -2.17. The lowest BCUT2D eigenvalue weighted by Crippen LogP contribution is -2.36. The van der Waals surface area contributed by atoms with Gasteiger partial charge in [0.25, 0.3) is 0 Å². The standard InChI is InChI=1S/C13H15N5O/c14-9-11-1-3-12(4-2-11)10-17-18(7-8-19)13-15-5-6-16-13/h1-4,10,19H,5-8H2,(H,15,16)/b17-10+. The summed E-state index contributed by atoms with van der Waals surface area (Å²) in [7, 11) is 0. The summed E-state index contributed by atoms with van der Waals surface area (Å²) in [5.74, 6) is 0.680. The van der Waals surface area contributed by atoms with Crippen LogP contribution in [0.5, 0.6) is 0 Å². The van der Waals surface area contributed by atoms with Crippen molar-refractivity contribution in [2.24, 2.45) is 10.1 Å². The van der Waals surface area contributed by atoms with E-state index >= 15 is 0 Å². The molecule has 0 fully saturated rings. The quantitative estimate of drug-likeness (QED) is 0.594. The van der Waals surface area contributed by atoms with Gasteiger partial charge in [0.15, 0.2) is 0 Å². The second-order valence-electron chi connectivity index (χ2n) is 3.96. The van der Waals surface area contributed by atoms with Crippen molar-refractivity contribution in [1.29, 1.82) is 5.26 Å². The molecule has 0 bridgehead atoms. The number of guanidine groups is 1. The summed E-state index contributed by atoms with van der Waals surface area (Å²) < 4.78 is 0. The van der Waals surface area contributed by atoms with Gasteiger partial charge in [-0.1, -0.05) is 12.1 Å². The molecule has 0 unspecified atom stereocenters. The monoisotopic (exact) mass is 257 g/mol. The highest BCUT2D eigenvalue weighted by molar-refractivity contribution is 5.84. The van der Waals surface area contributed by atoms with E-state index in [4.69, 9.17) is 10.4 Å². The number of nitriles is 1. The van der Waals surface area contributed by atoms with E-state index in [-0.39, 0.29) is 6.61 Å². The molecule has 0 amide bonds. The molecule has 0 saturated heterocycles. The lowest BCUT2D eigenvalue weighted by molar-refractivity contribution is 0.251. The first-order valence-corrected chi connectivity index (χ1v) is 6.04. The van der Waals surface area contributed by atoms with Crippen LogP contribution in [0, 0.1) is 11.3 Å². The van der Waals surface area contributed by atoms with Crippen LogP contribution in [0.15, 0.2) is 34.4 Å². The average molecular weight is 257 g/mol. The van der Waals surface area contributed by atoms with Crippen molar-refractivity contribution in [1.82, 2.24) is 10.3 Å². The molecule has 0 spiro atoms. The predicted molar refractivity (Wildman–Crippen MR) is 72.8 cm³/mol. The van der Waals surface area contributed by atoms with E-state index in [1.54, 1.807) is 23.4 Å². The Morgan fingerprint density at radius 1 is 1.47 bits per heavy atom. The molecule has 19 heavy (non-hydrogen) atoms. The Morgan fingerprint density at radius 2 is 2.26 bits per heavy atom. The van der Waals surface area contributed by atoms with Gasteiger partial charge in [-0.15, -0.1) is 0 Å². The molecule has 6 heteroatoms. The fourth-order valence-corrected chi connectivity index (χ4v) is 1.65. The van der Waals surface area contributed by atoms with Crippen LogP contribution in [-0.2, 0) is 0 Å². The minimum atomic E-state index is 0.00537. The SMILES string of the molecule is N#Cc1ccc(/C=N/N(CCO)C2=NCCN2)cc1. The molecule has 0 saturated carbocycles. The van der Waals surface area contributed by atoms with Crippen molar-refractivity contribution in [2.45, 2.75) is 0 Å². The zero-order valence-corrected chi connectivity index (χ0v) is 10.5. The maximum absolute atomic E-state index is 9.03. The van der Waals surface area contributed by atoms with E-state index in [0.717, 1.165) is 18.7 Å². The van der Waals surface area contributed by atoms with Crippen LogP contribution in [0.2, 0.25) is 0 Å². The van der Waals surface area contributed by atoms with Gasteiger partial charge in [0.05, 0.1) is 37.5 Å². The van der Waals surface area contributed by atoms with Gasteiger partial charge in [0.2, 0.25) is 5.96 Å². The number of nitrogens with one attached hydrogen (secondary N) is 1. The van der Waals surface area contributed by atoms with Crippen molar-refractivity contribution in [3.8, 4) is 6.07 Å². The summed E-state index contributed by atoms with van der Waals surface area (Å²) in [4.78, 5) is 4.26. The highest BCUT2D eigenvalue weighted by Crippen LogP contribution is 2.02. The molecule has 0 aromatic heterocycles. The normalized spacial score (nSPS) is 14.0. The Morgan fingerprint density at radius 3 is 2.84 bits per heavy atom. The van der Waals surface area contributed by atoms with Crippen molar-refractivity contribution in [2.75, 3.05) is 26.2 Å². The van der Waals surface area contributed by atoms with Crippen LogP contribution in [0.4, 0.5) is 0 Å². The molecule has 1 aliphatic heterocycles. The summed E-state index contributed by atoms with van der Waals surface area (Å²) in [6.07, 6.45) is 1.68. The summed E-state index contributed by atoms with van der Waals surface area (Å²) in [6, 6.07) is 9.19. The number of hydrazone groups is 1. The summed E-state index contributed by atoms with van der Waals surface area (Å²) >= 11 is 0. The molecule has 6 nitrogen and oxygen atoms in total. The average Bonchev–Trinajstić information content (AvgIpc) is 2.98. The van der Waals surface area contributed by atoms with E-state index in [2.05, 4.69) is 21.5 Å². The van der Waals surface area contributed by atoms with E-state index < -0.39 is 0 Å². The number of hydrogen-bond donors (Lipinski definition) is 2. The highest BCUT2D eigenvalue weighted by Gasteiger charge is 2.12. The Bertz CT molecular complexity index is 515. The van der Waals surface area contributed by atoms with E-state index in [1.807, 2.05) is 12.1 Å². The van der Waals surface area contributed by atoms with E-state index in [0.29, 0.717) is 18.1 Å². The molecular formula is C13H15N5O. The third kappa shape index (κ3) is 3.53. The number of nitrogens with zero attached hydrogens (tertiary/aromatic N) is 4. The zero-order chi connectivity index (χ0) is 13.5. The van der Waals surface area contributed by atoms with Gasteiger partial charge in [0.1, 0.15) is 0 Å². The summed E-state index contributed by atoms with van der Waals surface area (Å²) in [6.45, 7) is 1.91. The topological polar surface area (TPSA) is 84.0 Å². The number of aliphatic hydroxyl groups is 1. The Labute approximate surface area is 111 Å². The van der Waals surface area contributed by atoms with Crippen LogP contribution < -0.4 is 5.32 Å². The van der Waals surface area contributed by atoms with Gasteiger partial charge in [-0.3, -0.25) is 0 Å². The van der Waals surface area contributed by atoms with Gasteiger partial charge < -0.3 is 10.4 Å². The number of aliphatic hydroxyl groups excluding tert-OH is 1. The predicted octanol–water partition coefficient (Wildman–Crippen LogP) is 0.146. The van der Waals surface area contributed by atoms with Crippen LogP contribution in [0.3, 0.4) is 0 Å². The number of hydrogen-bond acceptors (Lipinski definition) is 6. The Kier molecular flexibility index (Phi) is 4.48. The minimum Gasteiger partial charge on any atom is -0.394 e. The van der Waals surface area contributed by atoms with Gasteiger partial charge in [-0.25, -0.2) is 10.0 Å². The molecule has 1 aromatic carbocycles. The van der Waals surface area contributed by atoms with Gasteiger partial charge >= 0.3 is 0 Å². The fourth-order valence-electron chi connectivity index (χ4n) is 1.65. The molecule has 0 radical (unpaired) electrons. The smallest absolute Gasteiger partial charge is 0.215 e. The molecule has 2 rings (SSSR count). The molecule has 1 aromatic rings.